The molecule has 1 aromatic carbocycles. The number of anilines is 1. The van der Waals surface area contributed by atoms with Crippen LogP contribution < -0.4 is 5.32 Å². The van der Waals surface area contributed by atoms with Crippen LogP contribution in [0.1, 0.15) is 35.5 Å². The van der Waals surface area contributed by atoms with Crippen LogP contribution in [-0.4, -0.2) is 31.7 Å². The Bertz CT molecular complexity index is 836. The number of amides is 1. The fourth-order valence-corrected chi connectivity index (χ4v) is 4.16. The lowest BCUT2D eigenvalue weighted by molar-refractivity contribution is 0.0996. The third-order valence-corrected chi connectivity index (χ3v) is 6.03. The molecule has 0 atom stereocenters. The predicted octanol–water partition coefficient (Wildman–Crippen LogP) is 3.18. The Morgan fingerprint density at radius 1 is 1.12 bits per heavy atom. The molecule has 2 aromatic rings. The van der Waals surface area contributed by atoms with Crippen LogP contribution in [0.4, 0.5) is 5.69 Å². The van der Waals surface area contributed by atoms with Crippen molar-refractivity contribution in [2.45, 2.75) is 32.6 Å². The van der Waals surface area contributed by atoms with Crippen molar-refractivity contribution in [1.82, 2.24) is 4.31 Å². The first-order chi connectivity index (χ1) is 11.3. The second-order valence-corrected chi connectivity index (χ2v) is 7.36. The van der Waals surface area contributed by atoms with Gasteiger partial charge >= 0.3 is 0 Å². The minimum absolute atomic E-state index is 0.195. The zero-order chi connectivity index (χ0) is 17.9. The first-order valence-corrected chi connectivity index (χ1v) is 9.21. The Morgan fingerprint density at radius 2 is 1.79 bits per heavy atom. The lowest BCUT2D eigenvalue weighted by Crippen LogP contribution is -2.31. The smallest absolute Gasteiger partial charge is 0.291 e. The molecule has 0 bridgehead atoms. The molecule has 6 nitrogen and oxygen atoms in total. The van der Waals surface area contributed by atoms with Gasteiger partial charge in [-0.05, 0) is 37.6 Å². The number of nitrogens with one attached hydrogen (secondary N) is 1. The molecule has 7 heteroatoms. The summed E-state index contributed by atoms with van der Waals surface area (Å²) in [6, 6.07) is 6.53. The minimum atomic E-state index is -3.59. The van der Waals surface area contributed by atoms with E-state index in [1.54, 1.807) is 45.9 Å². The van der Waals surface area contributed by atoms with E-state index in [0.29, 0.717) is 24.3 Å². The van der Waals surface area contributed by atoms with Gasteiger partial charge in [-0.15, -0.1) is 0 Å². The molecule has 24 heavy (non-hydrogen) atoms. The summed E-state index contributed by atoms with van der Waals surface area (Å²) >= 11 is 0. The molecule has 0 fully saturated rings. The number of carbonyl (C=O) groups excluding carboxylic acids is 1. The van der Waals surface area contributed by atoms with Crippen LogP contribution >= 0.6 is 0 Å². The summed E-state index contributed by atoms with van der Waals surface area (Å²) in [6.45, 7) is 7.87. The van der Waals surface area contributed by atoms with E-state index >= 15 is 0 Å². The summed E-state index contributed by atoms with van der Waals surface area (Å²) in [5, 5.41) is 2.68. The van der Waals surface area contributed by atoms with Gasteiger partial charge in [0.05, 0.1) is 11.2 Å². The molecule has 0 aliphatic heterocycles. The maximum atomic E-state index is 12.7. The van der Waals surface area contributed by atoms with Crippen molar-refractivity contribution < 1.29 is 17.6 Å². The predicted molar refractivity (Wildman–Crippen MR) is 92.7 cm³/mol. The van der Waals surface area contributed by atoms with Crippen molar-refractivity contribution in [3.8, 4) is 0 Å². The number of benzene rings is 1. The van der Waals surface area contributed by atoms with Crippen LogP contribution in [-0.2, 0) is 10.0 Å². The van der Waals surface area contributed by atoms with Gasteiger partial charge < -0.3 is 9.73 Å². The topological polar surface area (TPSA) is 79.6 Å². The summed E-state index contributed by atoms with van der Waals surface area (Å²) in [5.74, 6) is -0.198. The van der Waals surface area contributed by atoms with Gasteiger partial charge in [-0.1, -0.05) is 19.9 Å². The molecule has 0 saturated carbocycles. The SMILES string of the molecule is CCN(CC)S(=O)(=O)c1cc(NC(=O)c2occc2C)ccc1C. The van der Waals surface area contributed by atoms with Gasteiger partial charge in [-0.25, -0.2) is 8.42 Å². The second kappa shape index (κ2) is 7.19. The molecule has 0 saturated heterocycles. The fourth-order valence-electron chi connectivity index (χ4n) is 2.45. The Hall–Kier alpha value is -2.12. The largest absolute Gasteiger partial charge is 0.459 e. The molecule has 0 spiro atoms. The molecule has 2 rings (SSSR count). The van der Waals surface area contributed by atoms with E-state index in [1.165, 1.54) is 16.6 Å². The quantitative estimate of drug-likeness (QED) is 0.868. The van der Waals surface area contributed by atoms with Crippen LogP contribution in [0.25, 0.3) is 0 Å². The highest BCUT2D eigenvalue weighted by molar-refractivity contribution is 7.89. The maximum Gasteiger partial charge on any atom is 0.291 e. The van der Waals surface area contributed by atoms with Crippen LogP contribution in [0.5, 0.6) is 0 Å². The Morgan fingerprint density at radius 3 is 2.33 bits per heavy atom. The molecule has 1 aromatic heterocycles. The number of furan rings is 1. The zero-order valence-corrected chi connectivity index (χ0v) is 15.1. The number of aryl methyl sites for hydroxylation is 2. The van der Waals surface area contributed by atoms with E-state index < -0.39 is 15.9 Å². The molecule has 0 radical (unpaired) electrons. The van der Waals surface area contributed by atoms with Crippen molar-refractivity contribution in [3.63, 3.8) is 0 Å². The average molecular weight is 350 g/mol. The number of carbonyl (C=O) groups is 1. The van der Waals surface area contributed by atoms with Gasteiger partial charge in [0.15, 0.2) is 5.76 Å². The summed E-state index contributed by atoms with van der Waals surface area (Å²) in [4.78, 5) is 12.4. The van der Waals surface area contributed by atoms with E-state index in [1.807, 2.05) is 0 Å². The lowest BCUT2D eigenvalue weighted by atomic mass is 10.2. The third kappa shape index (κ3) is 3.52. The third-order valence-electron chi connectivity index (χ3n) is 3.84. The molecular formula is C17H22N2O4S. The van der Waals surface area contributed by atoms with E-state index in [2.05, 4.69) is 5.32 Å². The van der Waals surface area contributed by atoms with E-state index in [4.69, 9.17) is 4.42 Å². The van der Waals surface area contributed by atoms with Crippen molar-refractivity contribution >= 4 is 21.6 Å². The van der Waals surface area contributed by atoms with E-state index in [0.717, 1.165) is 5.56 Å². The van der Waals surface area contributed by atoms with E-state index in [-0.39, 0.29) is 10.7 Å². The molecule has 0 unspecified atom stereocenters. The Kier molecular flexibility index (Phi) is 5.46. The average Bonchev–Trinajstić information content (AvgIpc) is 2.96. The first kappa shape index (κ1) is 18.2. The molecule has 1 heterocycles. The van der Waals surface area contributed by atoms with Crippen molar-refractivity contribution in [2.75, 3.05) is 18.4 Å². The van der Waals surface area contributed by atoms with Gasteiger partial charge in [0.1, 0.15) is 0 Å². The van der Waals surface area contributed by atoms with Crippen molar-refractivity contribution in [2.24, 2.45) is 0 Å². The molecular weight excluding hydrogens is 328 g/mol. The van der Waals surface area contributed by atoms with Gasteiger partial charge in [-0.2, -0.15) is 4.31 Å². The van der Waals surface area contributed by atoms with Crippen molar-refractivity contribution in [1.29, 1.82) is 0 Å². The van der Waals surface area contributed by atoms with E-state index in [9.17, 15) is 13.2 Å². The standard InChI is InChI=1S/C17H22N2O4S/c1-5-19(6-2)24(21,22)15-11-14(8-7-12(15)3)18-17(20)16-13(4)9-10-23-16/h7-11H,5-6H2,1-4H3,(H,18,20). The molecule has 0 aliphatic rings. The number of rotatable bonds is 6. The van der Waals surface area contributed by atoms with Gasteiger partial charge in [0.2, 0.25) is 10.0 Å². The zero-order valence-electron chi connectivity index (χ0n) is 14.3. The van der Waals surface area contributed by atoms with Gasteiger partial charge in [-0.3, -0.25) is 4.79 Å². The molecule has 1 N–H and O–H groups in total. The first-order valence-electron chi connectivity index (χ1n) is 7.77. The Balaban J connectivity index is 2.36. The number of hydrogen-bond acceptors (Lipinski definition) is 4. The van der Waals surface area contributed by atoms with Gasteiger partial charge in [0, 0.05) is 24.3 Å². The summed E-state index contributed by atoms with van der Waals surface area (Å²) < 4.78 is 32.0. The molecule has 130 valence electrons. The highest BCUT2D eigenvalue weighted by Crippen LogP contribution is 2.24. The lowest BCUT2D eigenvalue weighted by Gasteiger charge is -2.20. The van der Waals surface area contributed by atoms with Crippen LogP contribution in [0.15, 0.2) is 39.8 Å². The summed E-state index contributed by atoms with van der Waals surface area (Å²) in [6.07, 6.45) is 1.44. The minimum Gasteiger partial charge on any atom is -0.459 e. The molecule has 1 amide bonds. The van der Waals surface area contributed by atoms with Crippen LogP contribution in [0, 0.1) is 13.8 Å². The van der Waals surface area contributed by atoms with Crippen LogP contribution in [0.3, 0.4) is 0 Å². The highest BCUT2D eigenvalue weighted by atomic mass is 32.2. The monoisotopic (exact) mass is 350 g/mol. The maximum absolute atomic E-state index is 12.7. The second-order valence-electron chi connectivity index (χ2n) is 5.46. The highest BCUT2D eigenvalue weighted by Gasteiger charge is 2.24. The number of sulfonamides is 1. The van der Waals surface area contributed by atoms with Gasteiger partial charge in [0.25, 0.3) is 5.91 Å². The normalized spacial score (nSPS) is 11.7. The summed E-state index contributed by atoms with van der Waals surface area (Å²) in [7, 11) is -3.59. The summed E-state index contributed by atoms with van der Waals surface area (Å²) in [5.41, 5.74) is 1.76. The van der Waals surface area contributed by atoms with Crippen molar-refractivity contribution in [3.05, 3.63) is 47.4 Å². The van der Waals surface area contributed by atoms with Crippen LogP contribution in [0.2, 0.25) is 0 Å². The Labute approximate surface area is 142 Å². The molecule has 0 aliphatic carbocycles. The fraction of sp³-hybridized carbons (Fsp3) is 0.353. The number of hydrogen-bond donors (Lipinski definition) is 1. The number of nitrogens with zero attached hydrogens (tertiary/aromatic N) is 1.